The van der Waals surface area contributed by atoms with Crippen LogP contribution in [0, 0.1) is 0 Å². The van der Waals surface area contributed by atoms with Crippen molar-refractivity contribution >= 4 is 34.7 Å². The highest BCUT2D eigenvalue weighted by Gasteiger charge is 2.11. The Morgan fingerprint density at radius 2 is 2.38 bits per heavy atom. The van der Waals surface area contributed by atoms with E-state index in [9.17, 15) is 4.79 Å². The van der Waals surface area contributed by atoms with Crippen LogP contribution in [0.5, 0.6) is 0 Å². The highest BCUT2D eigenvalue weighted by Crippen LogP contribution is 2.26. The second-order valence-corrected chi connectivity index (χ2v) is 2.93. The van der Waals surface area contributed by atoms with E-state index in [1.807, 2.05) is 0 Å². The van der Waals surface area contributed by atoms with E-state index < -0.39 is 0 Å². The maximum absolute atomic E-state index is 10.4. The molecule has 0 fully saturated rings. The number of halogens is 1. The largest absolute Gasteiger partial charge is 0.449 e. The third-order valence-electron chi connectivity index (χ3n) is 1.67. The summed E-state index contributed by atoms with van der Waals surface area (Å²) in [6.45, 7) is 0. The van der Waals surface area contributed by atoms with Crippen LogP contribution in [-0.2, 0) is 0 Å². The SMILES string of the molecule is Nc1c(C=O)oc2cc(Cl)cnc12. The Morgan fingerprint density at radius 1 is 1.62 bits per heavy atom. The Labute approximate surface area is 78.3 Å². The Hall–Kier alpha value is -1.55. The van der Waals surface area contributed by atoms with Crippen LogP contribution in [0.25, 0.3) is 11.1 Å². The molecule has 13 heavy (non-hydrogen) atoms. The number of aldehydes is 1. The van der Waals surface area contributed by atoms with Gasteiger partial charge in [-0.2, -0.15) is 0 Å². The molecule has 2 aromatic rings. The molecular weight excluding hydrogens is 192 g/mol. The minimum Gasteiger partial charge on any atom is -0.449 e. The van der Waals surface area contributed by atoms with Crippen LogP contribution < -0.4 is 5.73 Å². The molecule has 2 heterocycles. The van der Waals surface area contributed by atoms with Gasteiger partial charge in [-0.15, -0.1) is 0 Å². The van der Waals surface area contributed by atoms with Crippen LogP contribution in [0.2, 0.25) is 5.02 Å². The number of hydrogen-bond acceptors (Lipinski definition) is 4. The van der Waals surface area contributed by atoms with Gasteiger partial charge < -0.3 is 10.2 Å². The van der Waals surface area contributed by atoms with E-state index in [2.05, 4.69) is 4.98 Å². The monoisotopic (exact) mass is 196 g/mol. The Balaban J connectivity index is 2.83. The summed E-state index contributed by atoms with van der Waals surface area (Å²) in [6, 6.07) is 1.56. The molecule has 0 aliphatic rings. The quantitative estimate of drug-likeness (QED) is 0.707. The van der Waals surface area contributed by atoms with Crippen LogP contribution in [0.3, 0.4) is 0 Å². The first kappa shape index (κ1) is 8.07. The van der Waals surface area contributed by atoms with Crippen molar-refractivity contribution in [3.63, 3.8) is 0 Å². The molecule has 0 aliphatic carbocycles. The molecule has 0 saturated heterocycles. The number of anilines is 1. The maximum atomic E-state index is 10.4. The fraction of sp³-hybridized carbons (Fsp3) is 0. The molecule has 0 aliphatic heterocycles. The minimum absolute atomic E-state index is 0.0877. The molecule has 4 nitrogen and oxygen atoms in total. The van der Waals surface area contributed by atoms with Crippen LogP contribution in [0.4, 0.5) is 5.69 Å². The Kier molecular flexibility index (Phi) is 1.70. The molecule has 0 aromatic carbocycles. The summed E-state index contributed by atoms with van der Waals surface area (Å²) in [5.41, 5.74) is 6.71. The van der Waals surface area contributed by atoms with Crippen molar-refractivity contribution in [2.75, 3.05) is 5.73 Å². The van der Waals surface area contributed by atoms with Crippen molar-refractivity contribution in [3.8, 4) is 0 Å². The maximum Gasteiger partial charge on any atom is 0.192 e. The zero-order valence-electron chi connectivity index (χ0n) is 6.45. The van der Waals surface area contributed by atoms with E-state index in [4.69, 9.17) is 21.8 Å². The van der Waals surface area contributed by atoms with Gasteiger partial charge >= 0.3 is 0 Å². The van der Waals surface area contributed by atoms with E-state index in [1.54, 1.807) is 6.07 Å². The molecule has 5 heteroatoms. The summed E-state index contributed by atoms with van der Waals surface area (Å²) < 4.78 is 5.09. The summed E-state index contributed by atoms with van der Waals surface area (Å²) in [5, 5.41) is 0.443. The molecule has 2 aromatic heterocycles. The third kappa shape index (κ3) is 1.15. The number of aromatic nitrogens is 1. The molecule has 66 valence electrons. The number of rotatable bonds is 1. The number of nitrogen functional groups attached to an aromatic ring is 1. The number of fused-ring (bicyclic) bond motifs is 1. The van der Waals surface area contributed by atoms with E-state index >= 15 is 0 Å². The predicted octanol–water partition coefficient (Wildman–Crippen LogP) is 1.88. The number of hydrogen-bond donors (Lipinski definition) is 1. The fourth-order valence-electron chi connectivity index (χ4n) is 1.08. The highest BCUT2D eigenvalue weighted by molar-refractivity contribution is 6.31. The van der Waals surface area contributed by atoms with Crippen molar-refractivity contribution in [2.24, 2.45) is 0 Å². The van der Waals surface area contributed by atoms with Crippen molar-refractivity contribution < 1.29 is 9.21 Å². The molecule has 0 spiro atoms. The molecule has 0 amide bonds. The van der Waals surface area contributed by atoms with Gasteiger partial charge in [-0.05, 0) is 0 Å². The molecule has 0 radical (unpaired) electrons. The van der Waals surface area contributed by atoms with Crippen LogP contribution in [0.15, 0.2) is 16.7 Å². The van der Waals surface area contributed by atoms with Crippen LogP contribution in [-0.4, -0.2) is 11.3 Å². The van der Waals surface area contributed by atoms with Gasteiger partial charge in [0.1, 0.15) is 11.2 Å². The van der Waals surface area contributed by atoms with Crippen molar-refractivity contribution in [2.45, 2.75) is 0 Å². The van der Waals surface area contributed by atoms with Gasteiger partial charge in [0.25, 0.3) is 0 Å². The van der Waals surface area contributed by atoms with Gasteiger partial charge in [0.2, 0.25) is 0 Å². The van der Waals surface area contributed by atoms with Crippen LogP contribution in [0.1, 0.15) is 10.6 Å². The first-order chi connectivity index (χ1) is 6.22. The number of nitrogens with zero attached hydrogens (tertiary/aromatic N) is 1. The molecule has 0 unspecified atom stereocenters. The second kappa shape index (κ2) is 2.74. The van der Waals surface area contributed by atoms with Crippen molar-refractivity contribution in [1.82, 2.24) is 4.98 Å². The summed E-state index contributed by atoms with van der Waals surface area (Å²) in [5.74, 6) is 0.0877. The normalized spacial score (nSPS) is 10.5. The van der Waals surface area contributed by atoms with Gasteiger partial charge in [-0.25, -0.2) is 4.98 Å². The molecule has 0 bridgehead atoms. The molecule has 0 saturated carbocycles. The van der Waals surface area contributed by atoms with E-state index in [1.165, 1.54) is 6.20 Å². The predicted molar refractivity (Wildman–Crippen MR) is 48.8 cm³/mol. The van der Waals surface area contributed by atoms with Gasteiger partial charge in [-0.1, -0.05) is 11.6 Å². The summed E-state index contributed by atoms with van der Waals surface area (Å²) in [4.78, 5) is 14.4. The lowest BCUT2D eigenvalue weighted by atomic mass is 10.3. The standard InChI is InChI=1S/C8H5ClN2O2/c9-4-1-5-8(11-2-4)7(10)6(3-12)13-5/h1-3H,10H2. The average molecular weight is 197 g/mol. The third-order valence-corrected chi connectivity index (χ3v) is 1.87. The second-order valence-electron chi connectivity index (χ2n) is 2.50. The zero-order chi connectivity index (χ0) is 9.42. The number of pyridine rings is 1. The summed E-state index contributed by atoms with van der Waals surface area (Å²) >= 11 is 5.67. The number of carbonyl (C=O) groups excluding carboxylic acids is 1. The lowest BCUT2D eigenvalue weighted by Crippen LogP contribution is -1.88. The van der Waals surface area contributed by atoms with E-state index in [0.29, 0.717) is 22.4 Å². The summed E-state index contributed by atoms with van der Waals surface area (Å²) in [7, 11) is 0. The van der Waals surface area contributed by atoms with Gasteiger partial charge in [-0.3, -0.25) is 4.79 Å². The molecule has 2 N–H and O–H groups in total. The van der Waals surface area contributed by atoms with Crippen LogP contribution >= 0.6 is 11.6 Å². The van der Waals surface area contributed by atoms with Gasteiger partial charge in [0.15, 0.2) is 17.6 Å². The number of carbonyl (C=O) groups is 1. The van der Waals surface area contributed by atoms with Gasteiger partial charge in [0, 0.05) is 12.3 Å². The first-order valence-corrected chi connectivity index (χ1v) is 3.89. The zero-order valence-corrected chi connectivity index (χ0v) is 7.21. The van der Waals surface area contributed by atoms with Crippen molar-refractivity contribution in [3.05, 3.63) is 23.0 Å². The molecule has 2 rings (SSSR count). The van der Waals surface area contributed by atoms with Gasteiger partial charge in [0.05, 0.1) is 5.02 Å². The van der Waals surface area contributed by atoms with E-state index in [-0.39, 0.29) is 11.4 Å². The Bertz CT molecular complexity index is 478. The first-order valence-electron chi connectivity index (χ1n) is 3.51. The minimum atomic E-state index is 0.0877. The lowest BCUT2D eigenvalue weighted by molar-refractivity contribution is 0.110. The molecular formula is C8H5ClN2O2. The number of nitrogens with two attached hydrogens (primary N) is 1. The topological polar surface area (TPSA) is 69.1 Å². The lowest BCUT2D eigenvalue weighted by Gasteiger charge is -1.88. The molecule has 0 atom stereocenters. The fourth-order valence-corrected chi connectivity index (χ4v) is 1.23. The van der Waals surface area contributed by atoms with Crippen molar-refractivity contribution in [1.29, 1.82) is 0 Å². The summed E-state index contributed by atoms with van der Waals surface area (Å²) in [6.07, 6.45) is 2.00. The number of furan rings is 1. The smallest absolute Gasteiger partial charge is 0.192 e. The van der Waals surface area contributed by atoms with E-state index in [0.717, 1.165) is 0 Å². The average Bonchev–Trinajstić information content (AvgIpc) is 2.42. The highest BCUT2D eigenvalue weighted by atomic mass is 35.5. The Morgan fingerprint density at radius 3 is 3.08 bits per heavy atom.